The number of ether oxygens (including phenoxy) is 2. The van der Waals surface area contributed by atoms with Gasteiger partial charge in [0.15, 0.2) is 6.10 Å². The highest BCUT2D eigenvalue weighted by atomic mass is 16.6. The molecule has 1 saturated heterocycles. The van der Waals surface area contributed by atoms with Gasteiger partial charge in [0.05, 0.1) is 6.61 Å². The highest BCUT2D eigenvalue weighted by Crippen LogP contribution is 2.09. The van der Waals surface area contributed by atoms with Crippen molar-refractivity contribution in [1.82, 2.24) is 0 Å². The third kappa shape index (κ3) is 1.42. The molecule has 0 spiro atoms. The van der Waals surface area contributed by atoms with Gasteiger partial charge in [-0.3, -0.25) is 0 Å². The smallest absolute Gasteiger partial charge is 0.335 e. The second-order valence-electron chi connectivity index (χ2n) is 2.03. The molecule has 1 unspecified atom stereocenters. The van der Waals surface area contributed by atoms with E-state index in [0.29, 0.717) is 6.61 Å². The Balaban J connectivity index is 2.39. The summed E-state index contributed by atoms with van der Waals surface area (Å²) in [6, 6.07) is 0. The quantitative estimate of drug-likeness (QED) is 0.480. The van der Waals surface area contributed by atoms with E-state index in [1.807, 2.05) is 0 Å². The van der Waals surface area contributed by atoms with Crippen molar-refractivity contribution in [3.8, 4) is 0 Å². The molecule has 1 aliphatic rings. The molecular weight excluding hydrogens is 120 g/mol. The molecule has 0 bridgehead atoms. The molecule has 0 aliphatic carbocycles. The minimum atomic E-state index is -0.307. The molecule has 1 atom stereocenters. The van der Waals surface area contributed by atoms with Gasteiger partial charge in [0, 0.05) is 7.11 Å². The predicted molar refractivity (Wildman–Crippen MR) is 31.0 cm³/mol. The van der Waals surface area contributed by atoms with Gasteiger partial charge in [-0.2, -0.15) is 0 Å². The van der Waals surface area contributed by atoms with Crippen molar-refractivity contribution in [3.05, 3.63) is 0 Å². The van der Waals surface area contributed by atoms with E-state index in [9.17, 15) is 4.79 Å². The van der Waals surface area contributed by atoms with Crippen LogP contribution in [0.5, 0.6) is 0 Å². The fraction of sp³-hybridized carbons (Fsp3) is 0.833. The van der Waals surface area contributed by atoms with Crippen LogP contribution in [0.1, 0.15) is 12.8 Å². The van der Waals surface area contributed by atoms with Crippen LogP contribution in [0.15, 0.2) is 0 Å². The third-order valence-electron chi connectivity index (χ3n) is 1.40. The van der Waals surface area contributed by atoms with Crippen molar-refractivity contribution < 1.29 is 14.3 Å². The van der Waals surface area contributed by atoms with Crippen molar-refractivity contribution in [2.45, 2.75) is 18.9 Å². The first-order valence-corrected chi connectivity index (χ1v) is 3.04. The number of cyclic esters (lactones) is 1. The van der Waals surface area contributed by atoms with Crippen LogP contribution in [0.3, 0.4) is 0 Å². The van der Waals surface area contributed by atoms with E-state index in [4.69, 9.17) is 9.47 Å². The van der Waals surface area contributed by atoms with Crippen molar-refractivity contribution >= 4 is 5.97 Å². The van der Waals surface area contributed by atoms with E-state index >= 15 is 0 Å². The minimum absolute atomic E-state index is 0.219. The van der Waals surface area contributed by atoms with Crippen LogP contribution in [0.2, 0.25) is 0 Å². The van der Waals surface area contributed by atoms with E-state index in [-0.39, 0.29) is 12.1 Å². The second-order valence-corrected chi connectivity index (χ2v) is 2.03. The highest BCUT2D eigenvalue weighted by molar-refractivity contribution is 5.75. The number of methoxy groups -OCH3 is 1. The lowest BCUT2D eigenvalue weighted by molar-refractivity contribution is -0.160. The summed E-state index contributed by atoms with van der Waals surface area (Å²) in [5.41, 5.74) is 0. The van der Waals surface area contributed by atoms with E-state index < -0.39 is 0 Å². The van der Waals surface area contributed by atoms with Gasteiger partial charge in [-0.1, -0.05) is 0 Å². The van der Waals surface area contributed by atoms with E-state index in [1.54, 1.807) is 0 Å². The normalized spacial score (nSPS) is 27.7. The van der Waals surface area contributed by atoms with Gasteiger partial charge in [0.25, 0.3) is 0 Å². The summed E-state index contributed by atoms with van der Waals surface area (Å²) in [5.74, 6) is -0.219. The Hall–Kier alpha value is -0.570. The van der Waals surface area contributed by atoms with Crippen LogP contribution in [-0.4, -0.2) is 25.8 Å². The number of carbonyl (C=O) groups excluding carboxylic acids is 1. The Morgan fingerprint density at radius 3 is 3.00 bits per heavy atom. The lowest BCUT2D eigenvalue weighted by Crippen LogP contribution is -2.30. The number of hydrogen-bond donors (Lipinski definition) is 0. The molecule has 1 heterocycles. The van der Waals surface area contributed by atoms with Crippen molar-refractivity contribution in [1.29, 1.82) is 0 Å². The molecule has 3 nitrogen and oxygen atoms in total. The van der Waals surface area contributed by atoms with Crippen LogP contribution in [0, 0.1) is 0 Å². The molecule has 0 aromatic carbocycles. The number of carbonyl (C=O) groups is 1. The lowest BCUT2D eigenvalue weighted by atomic mass is 10.2. The van der Waals surface area contributed by atoms with Gasteiger partial charge in [0.1, 0.15) is 0 Å². The van der Waals surface area contributed by atoms with Crippen molar-refractivity contribution in [2.24, 2.45) is 0 Å². The van der Waals surface area contributed by atoms with E-state index in [0.717, 1.165) is 12.8 Å². The maximum atomic E-state index is 10.7. The van der Waals surface area contributed by atoms with Gasteiger partial charge in [-0.05, 0) is 12.8 Å². The molecule has 0 amide bonds. The molecule has 1 rings (SSSR count). The summed E-state index contributed by atoms with van der Waals surface area (Å²) in [4.78, 5) is 10.7. The molecule has 0 radical (unpaired) electrons. The largest absolute Gasteiger partial charge is 0.464 e. The summed E-state index contributed by atoms with van der Waals surface area (Å²) >= 11 is 0. The topological polar surface area (TPSA) is 35.5 Å². The summed E-state index contributed by atoms with van der Waals surface area (Å²) in [6.45, 7) is 0.554. The monoisotopic (exact) mass is 130 g/mol. The van der Waals surface area contributed by atoms with Crippen LogP contribution in [-0.2, 0) is 14.3 Å². The molecule has 3 heteroatoms. The number of esters is 1. The van der Waals surface area contributed by atoms with Gasteiger partial charge in [-0.25, -0.2) is 4.79 Å². The summed E-state index contributed by atoms with van der Waals surface area (Å²) < 4.78 is 9.55. The minimum Gasteiger partial charge on any atom is -0.464 e. The van der Waals surface area contributed by atoms with Crippen LogP contribution in [0.4, 0.5) is 0 Å². The first-order chi connectivity index (χ1) is 4.34. The molecule has 0 saturated carbocycles. The lowest BCUT2D eigenvalue weighted by Gasteiger charge is -2.18. The fourth-order valence-electron chi connectivity index (χ4n) is 0.866. The average Bonchev–Trinajstić information content (AvgIpc) is 1.89. The van der Waals surface area contributed by atoms with Crippen LogP contribution >= 0.6 is 0 Å². The SMILES string of the molecule is COC1CCCOC1=O. The zero-order chi connectivity index (χ0) is 6.69. The first kappa shape index (κ1) is 6.55. The second kappa shape index (κ2) is 2.82. The average molecular weight is 130 g/mol. The molecule has 52 valence electrons. The van der Waals surface area contributed by atoms with Gasteiger partial charge < -0.3 is 9.47 Å². The maximum absolute atomic E-state index is 10.7. The fourth-order valence-corrected chi connectivity index (χ4v) is 0.866. The Bertz CT molecular complexity index is 111. The molecule has 9 heavy (non-hydrogen) atoms. The van der Waals surface area contributed by atoms with Gasteiger partial charge >= 0.3 is 5.97 Å². The van der Waals surface area contributed by atoms with Crippen LogP contribution < -0.4 is 0 Å². The highest BCUT2D eigenvalue weighted by Gasteiger charge is 2.22. The predicted octanol–water partition coefficient (Wildman–Crippen LogP) is 0.338. The van der Waals surface area contributed by atoms with Gasteiger partial charge in [0.2, 0.25) is 0 Å². The summed E-state index contributed by atoms with van der Waals surface area (Å²) in [5, 5.41) is 0. The maximum Gasteiger partial charge on any atom is 0.335 e. The summed E-state index contributed by atoms with van der Waals surface area (Å²) in [7, 11) is 1.53. The van der Waals surface area contributed by atoms with Crippen molar-refractivity contribution in [2.75, 3.05) is 13.7 Å². The molecule has 1 aliphatic heterocycles. The standard InChI is InChI=1S/C6H10O3/c1-8-5-3-2-4-9-6(5)7/h5H,2-4H2,1H3. The Morgan fingerprint density at radius 2 is 2.56 bits per heavy atom. The Labute approximate surface area is 53.9 Å². The number of rotatable bonds is 1. The number of hydrogen-bond acceptors (Lipinski definition) is 3. The van der Waals surface area contributed by atoms with Crippen molar-refractivity contribution in [3.63, 3.8) is 0 Å². The Morgan fingerprint density at radius 1 is 1.78 bits per heavy atom. The summed E-state index contributed by atoms with van der Waals surface area (Å²) in [6.07, 6.45) is 1.42. The molecule has 0 N–H and O–H groups in total. The zero-order valence-electron chi connectivity index (χ0n) is 5.42. The van der Waals surface area contributed by atoms with Crippen LogP contribution in [0.25, 0.3) is 0 Å². The van der Waals surface area contributed by atoms with E-state index in [2.05, 4.69) is 0 Å². The molecular formula is C6H10O3. The third-order valence-corrected chi connectivity index (χ3v) is 1.40. The molecule has 1 fully saturated rings. The first-order valence-electron chi connectivity index (χ1n) is 3.04. The van der Waals surface area contributed by atoms with E-state index in [1.165, 1.54) is 7.11 Å². The van der Waals surface area contributed by atoms with Gasteiger partial charge in [-0.15, -0.1) is 0 Å². The zero-order valence-corrected chi connectivity index (χ0v) is 5.42. The Kier molecular flexibility index (Phi) is 2.05. The molecule has 0 aromatic rings. The molecule has 0 aromatic heterocycles.